The van der Waals surface area contributed by atoms with E-state index in [-0.39, 0.29) is 0 Å². The van der Waals surface area contributed by atoms with Gasteiger partial charge in [0.15, 0.2) is 5.82 Å². The second kappa shape index (κ2) is 3.74. The van der Waals surface area contributed by atoms with E-state index in [9.17, 15) is 0 Å². The maximum Gasteiger partial charge on any atom is 0.165 e. The van der Waals surface area contributed by atoms with Crippen LogP contribution in [0, 0.1) is 0 Å². The van der Waals surface area contributed by atoms with Gasteiger partial charge < -0.3 is 10.5 Å². The number of nitrogen functional groups attached to an aromatic ring is 1. The summed E-state index contributed by atoms with van der Waals surface area (Å²) in [6, 6.07) is 0. The molecule has 1 aromatic heterocycles. The van der Waals surface area contributed by atoms with Crippen LogP contribution in [0.5, 0.6) is 0 Å². The number of hydrogen-bond donors (Lipinski definition) is 1. The predicted octanol–water partition coefficient (Wildman–Crippen LogP) is 0.429. The molecule has 0 bridgehead atoms. The van der Waals surface area contributed by atoms with Crippen LogP contribution in [0.1, 0.15) is 19.3 Å². The molecule has 0 aliphatic heterocycles. The molecule has 5 nitrogen and oxygen atoms in total. The SMILES string of the molecule is Nc1cn(CCOC2CCC2)nn1. The maximum absolute atomic E-state index is 5.56. The van der Waals surface area contributed by atoms with E-state index in [1.165, 1.54) is 19.3 Å². The van der Waals surface area contributed by atoms with E-state index >= 15 is 0 Å². The number of nitrogens with zero attached hydrogens (tertiary/aromatic N) is 3. The summed E-state index contributed by atoms with van der Waals surface area (Å²) in [5.41, 5.74) is 5.41. The third-order valence-corrected chi connectivity index (χ3v) is 2.28. The van der Waals surface area contributed by atoms with Crippen molar-refractivity contribution in [3.05, 3.63) is 6.20 Å². The first-order valence-electron chi connectivity index (χ1n) is 4.62. The maximum atomic E-state index is 5.56. The average Bonchev–Trinajstić information content (AvgIpc) is 2.42. The van der Waals surface area contributed by atoms with Crippen molar-refractivity contribution in [1.29, 1.82) is 0 Å². The third kappa shape index (κ3) is 2.18. The number of hydrogen-bond acceptors (Lipinski definition) is 4. The second-order valence-corrected chi connectivity index (χ2v) is 3.33. The lowest BCUT2D eigenvalue weighted by Crippen LogP contribution is -2.23. The van der Waals surface area contributed by atoms with E-state index in [0.717, 1.165) is 6.54 Å². The number of ether oxygens (including phenoxy) is 1. The molecule has 1 aliphatic rings. The highest BCUT2D eigenvalue weighted by Gasteiger charge is 2.17. The van der Waals surface area contributed by atoms with Crippen LogP contribution in [0.4, 0.5) is 5.82 Å². The summed E-state index contributed by atoms with van der Waals surface area (Å²) in [4.78, 5) is 0. The Balaban J connectivity index is 1.67. The van der Waals surface area contributed by atoms with Crippen molar-refractivity contribution in [1.82, 2.24) is 15.0 Å². The van der Waals surface area contributed by atoms with E-state index in [1.807, 2.05) is 0 Å². The molecule has 0 spiro atoms. The fraction of sp³-hybridized carbons (Fsp3) is 0.750. The minimum atomic E-state index is 0.462. The standard InChI is InChI=1S/C8H14N4O/c9-8-6-12(11-10-8)4-5-13-7-2-1-3-7/h6-7H,1-5,9H2. The highest BCUT2D eigenvalue weighted by atomic mass is 16.5. The summed E-state index contributed by atoms with van der Waals surface area (Å²) in [5.74, 6) is 0.462. The number of nitrogens with two attached hydrogens (primary N) is 1. The van der Waals surface area contributed by atoms with Crippen molar-refractivity contribution in [3.63, 3.8) is 0 Å². The molecule has 5 heteroatoms. The molecule has 1 fully saturated rings. The molecule has 1 aromatic rings. The number of aromatic nitrogens is 3. The summed E-state index contributed by atoms with van der Waals surface area (Å²) in [5, 5.41) is 7.50. The van der Waals surface area contributed by atoms with Gasteiger partial charge in [-0.1, -0.05) is 5.21 Å². The largest absolute Gasteiger partial charge is 0.381 e. The topological polar surface area (TPSA) is 66.0 Å². The van der Waals surface area contributed by atoms with E-state index in [2.05, 4.69) is 10.3 Å². The lowest BCUT2D eigenvalue weighted by molar-refractivity contribution is -0.00249. The lowest BCUT2D eigenvalue weighted by atomic mass is 9.96. The quantitative estimate of drug-likeness (QED) is 0.733. The predicted molar refractivity (Wildman–Crippen MR) is 48.0 cm³/mol. The molecule has 13 heavy (non-hydrogen) atoms. The molecule has 0 saturated heterocycles. The van der Waals surface area contributed by atoms with Gasteiger partial charge in [0, 0.05) is 0 Å². The highest BCUT2D eigenvalue weighted by Crippen LogP contribution is 2.21. The summed E-state index contributed by atoms with van der Waals surface area (Å²) in [7, 11) is 0. The summed E-state index contributed by atoms with van der Waals surface area (Å²) in [6.07, 6.45) is 5.92. The van der Waals surface area contributed by atoms with Crippen LogP contribution < -0.4 is 5.73 Å². The van der Waals surface area contributed by atoms with Crippen molar-refractivity contribution in [2.24, 2.45) is 0 Å². The Morgan fingerprint density at radius 3 is 3.00 bits per heavy atom. The molecule has 1 heterocycles. The van der Waals surface area contributed by atoms with Gasteiger partial charge in [0.25, 0.3) is 0 Å². The fourth-order valence-corrected chi connectivity index (χ4v) is 1.27. The molecule has 2 rings (SSSR count). The Bertz CT molecular complexity index is 269. The van der Waals surface area contributed by atoms with Crippen LogP contribution in [0.25, 0.3) is 0 Å². The Morgan fingerprint density at radius 1 is 1.62 bits per heavy atom. The van der Waals surface area contributed by atoms with Gasteiger partial charge in [0.05, 0.1) is 25.5 Å². The molecule has 1 saturated carbocycles. The molecular formula is C8H14N4O. The molecule has 2 N–H and O–H groups in total. The zero-order valence-electron chi connectivity index (χ0n) is 7.52. The van der Waals surface area contributed by atoms with Gasteiger partial charge in [0.2, 0.25) is 0 Å². The van der Waals surface area contributed by atoms with Gasteiger partial charge in [0.1, 0.15) is 0 Å². The Morgan fingerprint density at radius 2 is 2.46 bits per heavy atom. The zero-order chi connectivity index (χ0) is 9.10. The molecule has 72 valence electrons. The molecule has 0 unspecified atom stereocenters. The lowest BCUT2D eigenvalue weighted by Gasteiger charge is -2.25. The Labute approximate surface area is 76.9 Å². The molecule has 0 aromatic carbocycles. The van der Waals surface area contributed by atoms with Gasteiger partial charge in [-0.25, -0.2) is 4.68 Å². The summed E-state index contributed by atoms with van der Waals surface area (Å²) < 4.78 is 7.26. The monoisotopic (exact) mass is 182 g/mol. The first-order chi connectivity index (χ1) is 6.34. The second-order valence-electron chi connectivity index (χ2n) is 3.33. The number of anilines is 1. The molecular weight excluding hydrogens is 168 g/mol. The molecule has 0 atom stereocenters. The van der Waals surface area contributed by atoms with Gasteiger partial charge in [-0.2, -0.15) is 0 Å². The smallest absolute Gasteiger partial charge is 0.165 e. The van der Waals surface area contributed by atoms with Crippen molar-refractivity contribution in [2.45, 2.75) is 31.9 Å². The molecule has 0 amide bonds. The van der Waals surface area contributed by atoms with E-state index < -0.39 is 0 Å². The highest BCUT2D eigenvalue weighted by molar-refractivity contribution is 5.19. The van der Waals surface area contributed by atoms with Gasteiger partial charge in [-0.15, -0.1) is 5.10 Å². The van der Waals surface area contributed by atoms with E-state index in [1.54, 1.807) is 10.9 Å². The van der Waals surface area contributed by atoms with E-state index in [0.29, 0.717) is 18.5 Å². The van der Waals surface area contributed by atoms with Crippen molar-refractivity contribution in [3.8, 4) is 0 Å². The van der Waals surface area contributed by atoms with Crippen molar-refractivity contribution >= 4 is 5.82 Å². The van der Waals surface area contributed by atoms with Crippen LogP contribution in [0.2, 0.25) is 0 Å². The first kappa shape index (κ1) is 8.50. The minimum absolute atomic E-state index is 0.462. The minimum Gasteiger partial charge on any atom is -0.381 e. The van der Waals surface area contributed by atoms with Crippen LogP contribution in [0.3, 0.4) is 0 Å². The van der Waals surface area contributed by atoms with Gasteiger partial charge in [-0.05, 0) is 19.3 Å². The van der Waals surface area contributed by atoms with Crippen molar-refractivity contribution in [2.75, 3.05) is 12.3 Å². The van der Waals surface area contributed by atoms with Crippen LogP contribution in [0.15, 0.2) is 6.20 Å². The summed E-state index contributed by atoms with van der Waals surface area (Å²) in [6.45, 7) is 1.44. The van der Waals surface area contributed by atoms with Gasteiger partial charge in [-0.3, -0.25) is 0 Å². The molecule has 0 radical (unpaired) electrons. The Hall–Kier alpha value is -1.10. The Kier molecular flexibility index (Phi) is 2.44. The fourth-order valence-electron chi connectivity index (χ4n) is 1.27. The summed E-state index contributed by atoms with van der Waals surface area (Å²) >= 11 is 0. The van der Waals surface area contributed by atoms with Crippen molar-refractivity contribution < 1.29 is 4.74 Å². The molecule has 1 aliphatic carbocycles. The van der Waals surface area contributed by atoms with Crippen LogP contribution >= 0.6 is 0 Å². The third-order valence-electron chi connectivity index (χ3n) is 2.28. The van der Waals surface area contributed by atoms with Crippen LogP contribution in [-0.4, -0.2) is 27.7 Å². The number of rotatable bonds is 4. The zero-order valence-corrected chi connectivity index (χ0v) is 7.52. The van der Waals surface area contributed by atoms with Gasteiger partial charge >= 0.3 is 0 Å². The first-order valence-corrected chi connectivity index (χ1v) is 4.62. The average molecular weight is 182 g/mol. The normalized spacial score (nSPS) is 17.2. The van der Waals surface area contributed by atoms with Crippen LogP contribution in [-0.2, 0) is 11.3 Å². The van der Waals surface area contributed by atoms with E-state index in [4.69, 9.17) is 10.5 Å².